The molecule has 2 aromatic rings. The molecule has 0 radical (unpaired) electrons. The third kappa shape index (κ3) is 3.52. The zero-order chi connectivity index (χ0) is 14.4. The minimum absolute atomic E-state index is 0.247. The minimum Gasteiger partial charge on any atom is -0.497 e. The molecule has 0 aliphatic carbocycles. The van der Waals surface area contributed by atoms with Crippen LogP contribution in [0.1, 0.15) is 17.2 Å². The van der Waals surface area contributed by atoms with E-state index in [1.807, 2.05) is 31.3 Å². The topological polar surface area (TPSA) is 30.5 Å². The van der Waals surface area contributed by atoms with Gasteiger partial charge in [0.2, 0.25) is 0 Å². The lowest BCUT2D eigenvalue weighted by Crippen LogP contribution is -2.18. The summed E-state index contributed by atoms with van der Waals surface area (Å²) < 4.78 is 10.6. The van der Waals surface area contributed by atoms with Gasteiger partial charge in [0.1, 0.15) is 11.5 Å². The molecule has 0 aromatic heterocycles. The fourth-order valence-electron chi connectivity index (χ4n) is 2.28. The van der Waals surface area contributed by atoms with Gasteiger partial charge in [0, 0.05) is 6.04 Å². The van der Waals surface area contributed by atoms with Crippen molar-refractivity contribution < 1.29 is 9.47 Å². The average molecular weight is 271 g/mol. The lowest BCUT2D eigenvalue weighted by atomic mass is 9.98. The molecule has 0 saturated heterocycles. The van der Waals surface area contributed by atoms with Crippen LogP contribution in [-0.2, 0) is 6.42 Å². The van der Waals surface area contributed by atoms with E-state index in [-0.39, 0.29) is 6.04 Å². The molecule has 0 bridgehead atoms. The highest BCUT2D eigenvalue weighted by Crippen LogP contribution is 2.23. The molecule has 2 rings (SSSR count). The lowest BCUT2D eigenvalue weighted by molar-refractivity contribution is 0.412. The minimum atomic E-state index is 0.247. The second-order valence-corrected chi connectivity index (χ2v) is 4.67. The van der Waals surface area contributed by atoms with E-state index in [1.165, 1.54) is 11.1 Å². The number of hydrogen-bond donors (Lipinski definition) is 1. The molecule has 2 aromatic carbocycles. The van der Waals surface area contributed by atoms with Crippen molar-refractivity contribution in [1.29, 1.82) is 0 Å². The van der Waals surface area contributed by atoms with E-state index in [9.17, 15) is 0 Å². The van der Waals surface area contributed by atoms with Crippen LogP contribution in [-0.4, -0.2) is 21.3 Å². The molecule has 0 aliphatic rings. The van der Waals surface area contributed by atoms with Crippen molar-refractivity contribution in [1.82, 2.24) is 5.32 Å². The average Bonchev–Trinajstić information content (AvgIpc) is 2.52. The van der Waals surface area contributed by atoms with Crippen molar-refractivity contribution in [2.45, 2.75) is 12.5 Å². The van der Waals surface area contributed by atoms with Crippen molar-refractivity contribution in [2.24, 2.45) is 0 Å². The summed E-state index contributed by atoms with van der Waals surface area (Å²) in [6.45, 7) is 0. The van der Waals surface area contributed by atoms with Gasteiger partial charge < -0.3 is 14.8 Å². The van der Waals surface area contributed by atoms with Gasteiger partial charge in [0.15, 0.2) is 0 Å². The number of ether oxygens (including phenoxy) is 2. The van der Waals surface area contributed by atoms with Gasteiger partial charge in [-0.1, -0.05) is 24.3 Å². The first kappa shape index (κ1) is 14.4. The van der Waals surface area contributed by atoms with Gasteiger partial charge in [0.25, 0.3) is 0 Å². The highest BCUT2D eigenvalue weighted by Gasteiger charge is 2.11. The molecule has 0 spiro atoms. The number of benzene rings is 2. The summed E-state index contributed by atoms with van der Waals surface area (Å²) in [7, 11) is 5.36. The maximum absolute atomic E-state index is 5.29. The predicted molar refractivity (Wildman–Crippen MR) is 81.5 cm³/mol. The molecule has 3 nitrogen and oxygen atoms in total. The Bertz CT molecular complexity index is 554. The van der Waals surface area contributed by atoms with E-state index in [4.69, 9.17) is 9.47 Å². The molecular formula is C17H21NO2. The van der Waals surface area contributed by atoms with Crippen LogP contribution in [0.3, 0.4) is 0 Å². The largest absolute Gasteiger partial charge is 0.497 e. The van der Waals surface area contributed by atoms with Gasteiger partial charge in [-0.3, -0.25) is 0 Å². The SMILES string of the molecule is CNC(Cc1cccc(OC)c1)c1cccc(OC)c1. The van der Waals surface area contributed by atoms with E-state index in [1.54, 1.807) is 14.2 Å². The third-order valence-electron chi connectivity index (χ3n) is 3.42. The van der Waals surface area contributed by atoms with E-state index in [2.05, 4.69) is 29.6 Å². The van der Waals surface area contributed by atoms with Gasteiger partial charge in [0.05, 0.1) is 14.2 Å². The summed E-state index contributed by atoms with van der Waals surface area (Å²) >= 11 is 0. The smallest absolute Gasteiger partial charge is 0.119 e. The number of likely N-dealkylation sites (N-methyl/N-ethyl adjacent to an activating group) is 1. The Balaban J connectivity index is 2.19. The lowest BCUT2D eigenvalue weighted by Gasteiger charge is -2.18. The molecule has 1 atom stereocenters. The fraction of sp³-hybridized carbons (Fsp3) is 0.294. The van der Waals surface area contributed by atoms with Crippen LogP contribution in [0.15, 0.2) is 48.5 Å². The Kier molecular flexibility index (Phi) is 5.02. The first-order valence-electron chi connectivity index (χ1n) is 6.71. The van der Waals surface area contributed by atoms with Crippen LogP contribution in [0.2, 0.25) is 0 Å². The van der Waals surface area contributed by atoms with E-state index in [0.717, 1.165) is 17.9 Å². The zero-order valence-electron chi connectivity index (χ0n) is 12.2. The summed E-state index contributed by atoms with van der Waals surface area (Å²) in [4.78, 5) is 0. The summed E-state index contributed by atoms with van der Waals surface area (Å²) in [5.74, 6) is 1.77. The van der Waals surface area contributed by atoms with Crippen LogP contribution in [0.25, 0.3) is 0 Å². The van der Waals surface area contributed by atoms with E-state index >= 15 is 0 Å². The Morgan fingerprint density at radius 2 is 1.60 bits per heavy atom. The van der Waals surface area contributed by atoms with Crippen LogP contribution < -0.4 is 14.8 Å². The first-order chi connectivity index (χ1) is 9.76. The molecule has 0 saturated carbocycles. The van der Waals surface area contributed by atoms with Crippen molar-refractivity contribution >= 4 is 0 Å². The first-order valence-corrected chi connectivity index (χ1v) is 6.71. The van der Waals surface area contributed by atoms with Crippen LogP contribution in [0.5, 0.6) is 11.5 Å². The van der Waals surface area contributed by atoms with Crippen LogP contribution >= 0.6 is 0 Å². The summed E-state index contributed by atoms with van der Waals surface area (Å²) in [5, 5.41) is 3.36. The van der Waals surface area contributed by atoms with E-state index in [0.29, 0.717) is 0 Å². The van der Waals surface area contributed by atoms with Gasteiger partial charge in [-0.2, -0.15) is 0 Å². The molecule has 0 amide bonds. The van der Waals surface area contributed by atoms with Crippen molar-refractivity contribution in [3.8, 4) is 11.5 Å². The highest BCUT2D eigenvalue weighted by atomic mass is 16.5. The van der Waals surface area contributed by atoms with E-state index < -0.39 is 0 Å². The standard InChI is InChI=1S/C17H21NO2/c1-18-17(14-7-5-9-16(12-14)20-3)11-13-6-4-8-15(10-13)19-2/h4-10,12,17-18H,11H2,1-3H3. The number of nitrogens with one attached hydrogen (secondary N) is 1. The van der Waals surface area contributed by atoms with Gasteiger partial charge in [-0.15, -0.1) is 0 Å². The van der Waals surface area contributed by atoms with Gasteiger partial charge >= 0.3 is 0 Å². The van der Waals surface area contributed by atoms with Crippen molar-refractivity contribution in [3.05, 3.63) is 59.7 Å². The second kappa shape index (κ2) is 6.96. The maximum atomic E-state index is 5.29. The highest BCUT2D eigenvalue weighted by molar-refractivity contribution is 5.33. The molecule has 1 unspecified atom stereocenters. The molecule has 3 heteroatoms. The molecule has 0 fully saturated rings. The summed E-state index contributed by atoms with van der Waals surface area (Å²) in [6.07, 6.45) is 0.904. The Hall–Kier alpha value is -2.00. The van der Waals surface area contributed by atoms with Gasteiger partial charge in [-0.05, 0) is 48.9 Å². The summed E-state index contributed by atoms with van der Waals surface area (Å²) in [5.41, 5.74) is 2.46. The molecule has 0 aliphatic heterocycles. The third-order valence-corrected chi connectivity index (χ3v) is 3.42. The number of hydrogen-bond acceptors (Lipinski definition) is 3. The predicted octanol–water partition coefficient (Wildman–Crippen LogP) is 3.21. The second-order valence-electron chi connectivity index (χ2n) is 4.67. The van der Waals surface area contributed by atoms with Crippen molar-refractivity contribution in [2.75, 3.05) is 21.3 Å². The monoisotopic (exact) mass is 271 g/mol. The fourth-order valence-corrected chi connectivity index (χ4v) is 2.28. The molecule has 20 heavy (non-hydrogen) atoms. The van der Waals surface area contributed by atoms with Crippen LogP contribution in [0, 0.1) is 0 Å². The molecule has 0 heterocycles. The Morgan fingerprint density at radius 1 is 0.950 bits per heavy atom. The number of methoxy groups -OCH3 is 2. The Morgan fingerprint density at radius 3 is 2.25 bits per heavy atom. The molecule has 106 valence electrons. The van der Waals surface area contributed by atoms with Crippen molar-refractivity contribution in [3.63, 3.8) is 0 Å². The maximum Gasteiger partial charge on any atom is 0.119 e. The molecular weight excluding hydrogens is 250 g/mol. The van der Waals surface area contributed by atoms with Crippen LogP contribution in [0.4, 0.5) is 0 Å². The molecule has 1 N–H and O–H groups in total. The zero-order valence-corrected chi connectivity index (χ0v) is 12.2. The van der Waals surface area contributed by atoms with Gasteiger partial charge in [-0.25, -0.2) is 0 Å². The normalized spacial score (nSPS) is 11.9. The summed E-state index contributed by atoms with van der Waals surface area (Å²) in [6, 6.07) is 16.6. The number of rotatable bonds is 6. The quantitative estimate of drug-likeness (QED) is 0.875. The Labute approximate surface area is 120 Å².